The minimum absolute atomic E-state index is 0.456. The van der Waals surface area contributed by atoms with E-state index < -0.39 is 11.9 Å². The summed E-state index contributed by atoms with van der Waals surface area (Å²) in [5, 5.41) is 9.10. The number of benzene rings is 1. The molecule has 0 bridgehead atoms. The number of fused-ring (bicyclic) bond motifs is 1. The fourth-order valence-corrected chi connectivity index (χ4v) is 2.22. The molecule has 2 rings (SSSR count). The fraction of sp³-hybridized carbons (Fsp3) is 0.357. The largest absolute Gasteiger partial charge is 0.497 e. The van der Waals surface area contributed by atoms with Gasteiger partial charge in [0.25, 0.3) is 0 Å². The Morgan fingerprint density at radius 3 is 2.88 bits per heavy atom. The Kier molecular flexibility index (Phi) is 3.18. The zero-order valence-corrected chi connectivity index (χ0v) is 10.1. The molecule has 17 heavy (non-hydrogen) atoms. The van der Waals surface area contributed by atoms with Crippen molar-refractivity contribution in [2.75, 3.05) is 7.11 Å². The van der Waals surface area contributed by atoms with Crippen LogP contribution in [0.2, 0.25) is 0 Å². The summed E-state index contributed by atoms with van der Waals surface area (Å²) < 4.78 is 5.19. The van der Waals surface area contributed by atoms with Crippen molar-refractivity contribution in [1.82, 2.24) is 0 Å². The molecule has 1 aliphatic rings. The molecule has 0 aliphatic heterocycles. The van der Waals surface area contributed by atoms with Crippen LogP contribution in [0.3, 0.4) is 0 Å². The summed E-state index contributed by atoms with van der Waals surface area (Å²) in [5.41, 5.74) is 3.14. The molecule has 1 atom stereocenters. The number of carbonyl (C=O) groups is 1. The highest BCUT2D eigenvalue weighted by atomic mass is 16.5. The molecule has 1 N–H and O–H groups in total. The van der Waals surface area contributed by atoms with Crippen LogP contribution in [-0.4, -0.2) is 18.2 Å². The molecule has 1 aromatic rings. The predicted octanol–water partition coefficient (Wildman–Crippen LogP) is 2.75. The third kappa shape index (κ3) is 2.18. The third-order valence-corrected chi connectivity index (χ3v) is 3.24. The van der Waals surface area contributed by atoms with E-state index in [-0.39, 0.29) is 0 Å². The van der Waals surface area contributed by atoms with Crippen LogP contribution < -0.4 is 4.74 Å². The average molecular weight is 232 g/mol. The first-order valence-corrected chi connectivity index (χ1v) is 5.73. The molecule has 3 heteroatoms. The van der Waals surface area contributed by atoms with Gasteiger partial charge in [-0.3, -0.25) is 4.79 Å². The van der Waals surface area contributed by atoms with Crippen LogP contribution in [0.5, 0.6) is 5.75 Å². The first-order valence-electron chi connectivity index (χ1n) is 5.73. The highest BCUT2D eigenvalue weighted by molar-refractivity contribution is 5.88. The maximum absolute atomic E-state index is 11.1. The van der Waals surface area contributed by atoms with Crippen LogP contribution in [0, 0.1) is 5.92 Å². The van der Waals surface area contributed by atoms with Gasteiger partial charge in [0.1, 0.15) is 5.75 Å². The van der Waals surface area contributed by atoms with Crippen LogP contribution in [0.25, 0.3) is 5.57 Å². The minimum Gasteiger partial charge on any atom is -0.497 e. The number of carboxylic acids is 1. The van der Waals surface area contributed by atoms with Crippen molar-refractivity contribution >= 4 is 11.5 Å². The summed E-state index contributed by atoms with van der Waals surface area (Å²) >= 11 is 0. The number of rotatable bonds is 3. The Hall–Kier alpha value is -1.77. The van der Waals surface area contributed by atoms with Crippen molar-refractivity contribution < 1.29 is 14.6 Å². The van der Waals surface area contributed by atoms with E-state index in [0.717, 1.165) is 29.7 Å². The first kappa shape index (κ1) is 11.7. The molecule has 1 aliphatic carbocycles. The lowest BCUT2D eigenvalue weighted by Crippen LogP contribution is -2.14. The Bertz CT molecular complexity index is 474. The van der Waals surface area contributed by atoms with E-state index in [0.29, 0.717) is 0 Å². The second-order valence-corrected chi connectivity index (χ2v) is 4.28. The Labute approximate surface area is 101 Å². The highest BCUT2D eigenvalue weighted by Crippen LogP contribution is 2.33. The highest BCUT2D eigenvalue weighted by Gasteiger charge is 2.22. The molecular weight excluding hydrogens is 216 g/mol. The molecule has 0 fully saturated rings. The molecule has 0 heterocycles. The van der Waals surface area contributed by atoms with Gasteiger partial charge in [0.05, 0.1) is 13.0 Å². The molecule has 3 nitrogen and oxygen atoms in total. The van der Waals surface area contributed by atoms with Crippen molar-refractivity contribution in [2.45, 2.75) is 19.8 Å². The number of ether oxygens (including phenoxy) is 1. The topological polar surface area (TPSA) is 46.5 Å². The molecule has 90 valence electrons. The Morgan fingerprint density at radius 1 is 1.47 bits per heavy atom. The smallest absolute Gasteiger partial charge is 0.310 e. The molecule has 0 aromatic heterocycles. The summed E-state index contributed by atoms with van der Waals surface area (Å²) in [7, 11) is 1.64. The number of allylic oxidation sites excluding steroid dienone is 1. The van der Waals surface area contributed by atoms with Gasteiger partial charge in [0.15, 0.2) is 0 Å². The van der Waals surface area contributed by atoms with E-state index in [1.807, 2.05) is 24.3 Å². The van der Waals surface area contributed by atoms with E-state index >= 15 is 0 Å². The quantitative estimate of drug-likeness (QED) is 0.871. The van der Waals surface area contributed by atoms with Crippen LogP contribution in [-0.2, 0) is 11.2 Å². The molecule has 0 saturated carbocycles. The zero-order valence-electron chi connectivity index (χ0n) is 10.1. The Balaban J connectivity index is 2.41. The lowest BCUT2D eigenvalue weighted by atomic mass is 9.84. The summed E-state index contributed by atoms with van der Waals surface area (Å²) in [4.78, 5) is 11.1. The lowest BCUT2D eigenvalue weighted by molar-refractivity contribution is -0.139. The van der Waals surface area contributed by atoms with Crippen molar-refractivity contribution in [3.8, 4) is 5.75 Å². The summed E-state index contributed by atoms with van der Waals surface area (Å²) in [6, 6.07) is 5.84. The molecule has 1 aromatic carbocycles. The summed E-state index contributed by atoms with van der Waals surface area (Å²) in [6.07, 6.45) is 3.88. The van der Waals surface area contributed by atoms with Gasteiger partial charge in [0.2, 0.25) is 0 Å². The van der Waals surface area contributed by atoms with Crippen molar-refractivity contribution in [1.29, 1.82) is 0 Å². The Morgan fingerprint density at radius 2 is 2.24 bits per heavy atom. The van der Waals surface area contributed by atoms with E-state index in [2.05, 4.69) is 0 Å². The third-order valence-electron chi connectivity index (χ3n) is 3.24. The first-order chi connectivity index (χ1) is 8.13. The van der Waals surface area contributed by atoms with E-state index in [9.17, 15) is 4.79 Å². The van der Waals surface area contributed by atoms with Crippen LogP contribution in [0.4, 0.5) is 0 Å². The van der Waals surface area contributed by atoms with E-state index in [1.54, 1.807) is 14.0 Å². The number of hydrogen-bond acceptors (Lipinski definition) is 2. The van der Waals surface area contributed by atoms with Gasteiger partial charge in [-0.15, -0.1) is 0 Å². The molecule has 0 unspecified atom stereocenters. The predicted molar refractivity (Wildman–Crippen MR) is 66.1 cm³/mol. The maximum atomic E-state index is 11.1. The number of aryl methyl sites for hydroxylation is 1. The van der Waals surface area contributed by atoms with Gasteiger partial charge in [-0.1, -0.05) is 12.1 Å². The second-order valence-electron chi connectivity index (χ2n) is 4.28. The second kappa shape index (κ2) is 4.62. The minimum atomic E-state index is -0.778. The number of aliphatic carboxylic acids is 1. The van der Waals surface area contributed by atoms with Gasteiger partial charge in [-0.05, 0) is 48.6 Å². The normalized spacial score (nSPS) is 15.8. The number of carboxylic acid groups (broad SMARTS) is 1. The van der Waals surface area contributed by atoms with E-state index in [1.165, 1.54) is 5.56 Å². The molecular formula is C14H16O3. The lowest BCUT2D eigenvalue weighted by Gasteiger charge is -2.21. The van der Waals surface area contributed by atoms with Crippen molar-refractivity contribution in [3.63, 3.8) is 0 Å². The number of methoxy groups -OCH3 is 1. The SMILES string of the molecule is COc1ccc2c(c1)CCC=C2[C@@H](C)C(=O)O. The van der Waals surface area contributed by atoms with Crippen molar-refractivity contribution in [3.05, 3.63) is 35.4 Å². The fourth-order valence-electron chi connectivity index (χ4n) is 2.22. The average Bonchev–Trinajstić information content (AvgIpc) is 2.36. The van der Waals surface area contributed by atoms with E-state index in [4.69, 9.17) is 9.84 Å². The van der Waals surface area contributed by atoms with Crippen molar-refractivity contribution in [2.24, 2.45) is 5.92 Å². The monoisotopic (exact) mass is 232 g/mol. The maximum Gasteiger partial charge on any atom is 0.310 e. The standard InChI is InChI=1S/C14H16O3/c1-9(14(15)16)12-5-3-4-10-8-11(17-2)6-7-13(10)12/h5-9H,3-4H2,1-2H3,(H,15,16)/t9-/m1/s1. The molecule has 0 saturated heterocycles. The van der Waals surface area contributed by atoms with Gasteiger partial charge < -0.3 is 9.84 Å². The van der Waals surface area contributed by atoms with Gasteiger partial charge in [0, 0.05) is 0 Å². The summed E-state index contributed by atoms with van der Waals surface area (Å²) in [6.45, 7) is 1.73. The summed E-state index contributed by atoms with van der Waals surface area (Å²) in [5.74, 6) is -0.407. The van der Waals surface area contributed by atoms with Gasteiger partial charge in [-0.25, -0.2) is 0 Å². The van der Waals surface area contributed by atoms with Crippen LogP contribution >= 0.6 is 0 Å². The number of hydrogen-bond donors (Lipinski definition) is 1. The van der Waals surface area contributed by atoms with Gasteiger partial charge >= 0.3 is 5.97 Å². The van der Waals surface area contributed by atoms with Crippen LogP contribution in [0.1, 0.15) is 24.5 Å². The zero-order chi connectivity index (χ0) is 12.4. The molecule has 0 amide bonds. The molecule has 0 radical (unpaired) electrons. The van der Waals surface area contributed by atoms with Crippen LogP contribution in [0.15, 0.2) is 24.3 Å². The van der Waals surface area contributed by atoms with Gasteiger partial charge in [-0.2, -0.15) is 0 Å². The molecule has 0 spiro atoms.